The van der Waals surface area contributed by atoms with Crippen molar-refractivity contribution >= 4 is 0 Å². The Hall–Kier alpha value is -0.290. The fourth-order valence-electron chi connectivity index (χ4n) is 0.378. The van der Waals surface area contributed by atoms with Gasteiger partial charge in [0.05, 0.1) is 12.7 Å². The van der Waals surface area contributed by atoms with Crippen LogP contribution in [0.5, 0.6) is 0 Å². The van der Waals surface area contributed by atoms with Crippen molar-refractivity contribution in [3.8, 4) is 0 Å². The zero-order valence-electron chi connectivity index (χ0n) is 6.35. The first-order valence-corrected chi connectivity index (χ1v) is 3.20. The van der Waals surface area contributed by atoms with Gasteiger partial charge in [0, 0.05) is 0 Å². The summed E-state index contributed by atoms with van der Waals surface area (Å²) in [6, 6.07) is 0. The SMILES string of the molecule is CC(C)OC[C@H](O)C(F)(F)F. The van der Waals surface area contributed by atoms with Crippen LogP contribution in [0, 0.1) is 0 Å². The van der Waals surface area contributed by atoms with Gasteiger partial charge in [0.2, 0.25) is 0 Å². The topological polar surface area (TPSA) is 29.5 Å². The molecule has 0 unspecified atom stereocenters. The van der Waals surface area contributed by atoms with Crippen molar-refractivity contribution in [3.05, 3.63) is 0 Å². The summed E-state index contributed by atoms with van der Waals surface area (Å²) in [6.07, 6.45) is -7.24. The Kier molecular flexibility index (Phi) is 3.82. The van der Waals surface area contributed by atoms with E-state index in [9.17, 15) is 13.2 Å². The van der Waals surface area contributed by atoms with Crippen LogP contribution >= 0.6 is 0 Å². The molecule has 0 rings (SSSR count). The summed E-state index contributed by atoms with van der Waals surface area (Å²) in [4.78, 5) is 0. The van der Waals surface area contributed by atoms with Crippen molar-refractivity contribution in [1.29, 1.82) is 0 Å². The molecule has 0 heterocycles. The van der Waals surface area contributed by atoms with Crippen molar-refractivity contribution in [2.75, 3.05) is 6.61 Å². The number of hydrogen-bond donors (Lipinski definition) is 1. The van der Waals surface area contributed by atoms with Gasteiger partial charge in [-0.15, -0.1) is 0 Å². The minimum atomic E-state index is -4.57. The minimum absolute atomic E-state index is 0.299. The first kappa shape index (κ1) is 10.7. The summed E-state index contributed by atoms with van der Waals surface area (Å²) < 4.78 is 39.3. The van der Waals surface area contributed by atoms with Crippen LogP contribution in [0.25, 0.3) is 0 Å². The molecule has 0 aliphatic heterocycles. The third kappa shape index (κ3) is 5.03. The summed E-state index contributed by atoms with van der Waals surface area (Å²) in [6.45, 7) is 2.51. The lowest BCUT2D eigenvalue weighted by Crippen LogP contribution is -2.33. The first-order valence-electron chi connectivity index (χ1n) is 3.20. The van der Waals surface area contributed by atoms with Gasteiger partial charge in [-0.25, -0.2) is 0 Å². The van der Waals surface area contributed by atoms with E-state index in [0.717, 1.165) is 0 Å². The van der Waals surface area contributed by atoms with Crippen LogP contribution in [0.2, 0.25) is 0 Å². The molecule has 0 aliphatic carbocycles. The molecular weight excluding hydrogens is 161 g/mol. The fraction of sp³-hybridized carbons (Fsp3) is 1.00. The molecule has 0 aromatic rings. The van der Waals surface area contributed by atoms with Gasteiger partial charge in [-0.2, -0.15) is 13.2 Å². The number of aliphatic hydroxyl groups is 1. The maximum absolute atomic E-state index is 11.6. The molecule has 11 heavy (non-hydrogen) atoms. The van der Waals surface area contributed by atoms with Crippen LogP contribution in [0.15, 0.2) is 0 Å². The predicted octanol–water partition coefficient (Wildman–Crippen LogP) is 1.33. The Morgan fingerprint density at radius 3 is 2.09 bits per heavy atom. The lowest BCUT2D eigenvalue weighted by molar-refractivity contribution is -0.219. The highest BCUT2D eigenvalue weighted by Gasteiger charge is 2.38. The van der Waals surface area contributed by atoms with Crippen LogP contribution in [-0.2, 0) is 4.74 Å². The number of rotatable bonds is 3. The second-order valence-corrected chi connectivity index (χ2v) is 2.44. The summed E-state index contributed by atoms with van der Waals surface area (Å²) in [5.41, 5.74) is 0. The van der Waals surface area contributed by atoms with E-state index in [4.69, 9.17) is 5.11 Å². The van der Waals surface area contributed by atoms with E-state index in [1.54, 1.807) is 13.8 Å². The van der Waals surface area contributed by atoms with Crippen LogP contribution in [0.3, 0.4) is 0 Å². The molecule has 0 saturated heterocycles. The average molecular weight is 172 g/mol. The zero-order valence-corrected chi connectivity index (χ0v) is 6.35. The molecule has 0 aromatic carbocycles. The van der Waals surface area contributed by atoms with Gasteiger partial charge in [-0.05, 0) is 13.8 Å². The molecule has 68 valence electrons. The number of halogens is 3. The number of hydrogen-bond acceptors (Lipinski definition) is 2. The van der Waals surface area contributed by atoms with E-state index in [1.807, 2.05) is 0 Å². The molecule has 0 radical (unpaired) electrons. The molecule has 1 N–H and O–H groups in total. The normalized spacial score (nSPS) is 15.5. The highest BCUT2D eigenvalue weighted by atomic mass is 19.4. The average Bonchev–Trinajstić information content (AvgIpc) is 1.80. The van der Waals surface area contributed by atoms with E-state index in [0.29, 0.717) is 0 Å². The highest BCUT2D eigenvalue weighted by molar-refractivity contribution is 4.63. The summed E-state index contributed by atoms with van der Waals surface area (Å²) in [5, 5.41) is 8.38. The van der Waals surface area contributed by atoms with Crippen LogP contribution in [0.4, 0.5) is 13.2 Å². The molecule has 0 fully saturated rings. The van der Waals surface area contributed by atoms with E-state index < -0.39 is 18.9 Å². The highest BCUT2D eigenvalue weighted by Crippen LogP contribution is 2.20. The van der Waals surface area contributed by atoms with Gasteiger partial charge in [0.25, 0.3) is 0 Å². The molecule has 1 atom stereocenters. The van der Waals surface area contributed by atoms with Crippen LogP contribution in [-0.4, -0.2) is 30.1 Å². The number of ether oxygens (including phenoxy) is 1. The van der Waals surface area contributed by atoms with Crippen molar-refractivity contribution in [2.45, 2.75) is 32.2 Å². The van der Waals surface area contributed by atoms with Crippen molar-refractivity contribution in [1.82, 2.24) is 0 Å². The van der Waals surface area contributed by atoms with Crippen LogP contribution in [0.1, 0.15) is 13.8 Å². The summed E-state index contributed by atoms with van der Waals surface area (Å²) in [5.74, 6) is 0. The Bertz CT molecular complexity index is 111. The number of aliphatic hydroxyl groups excluding tert-OH is 1. The fourth-order valence-corrected chi connectivity index (χ4v) is 0.378. The first-order chi connectivity index (χ1) is 4.84. The Morgan fingerprint density at radius 1 is 1.36 bits per heavy atom. The lowest BCUT2D eigenvalue weighted by Gasteiger charge is -2.15. The molecule has 0 spiro atoms. The van der Waals surface area contributed by atoms with E-state index in [2.05, 4.69) is 4.74 Å². The zero-order chi connectivity index (χ0) is 9.07. The molecule has 0 saturated carbocycles. The van der Waals surface area contributed by atoms with Crippen molar-refractivity contribution in [2.24, 2.45) is 0 Å². The van der Waals surface area contributed by atoms with Gasteiger partial charge in [-0.3, -0.25) is 0 Å². The van der Waals surface area contributed by atoms with E-state index in [1.165, 1.54) is 0 Å². The van der Waals surface area contributed by atoms with Crippen molar-refractivity contribution in [3.63, 3.8) is 0 Å². The maximum Gasteiger partial charge on any atom is 0.416 e. The predicted molar refractivity (Wildman–Crippen MR) is 33.1 cm³/mol. The largest absolute Gasteiger partial charge is 0.416 e. The Labute approximate surface area is 63.0 Å². The quantitative estimate of drug-likeness (QED) is 0.696. The monoisotopic (exact) mass is 172 g/mol. The Balaban J connectivity index is 3.61. The van der Waals surface area contributed by atoms with Gasteiger partial charge in [0.1, 0.15) is 0 Å². The molecule has 0 aliphatic rings. The second-order valence-electron chi connectivity index (χ2n) is 2.44. The van der Waals surface area contributed by atoms with E-state index >= 15 is 0 Å². The molecule has 0 aromatic heterocycles. The molecule has 5 heteroatoms. The lowest BCUT2D eigenvalue weighted by atomic mass is 10.3. The molecule has 0 amide bonds. The van der Waals surface area contributed by atoms with Crippen LogP contribution < -0.4 is 0 Å². The molecule has 2 nitrogen and oxygen atoms in total. The second kappa shape index (κ2) is 3.92. The smallest absolute Gasteiger partial charge is 0.382 e. The third-order valence-electron chi connectivity index (χ3n) is 0.965. The van der Waals surface area contributed by atoms with Crippen molar-refractivity contribution < 1.29 is 23.0 Å². The number of alkyl halides is 3. The maximum atomic E-state index is 11.6. The molecular formula is C6H11F3O2. The standard InChI is InChI=1S/C6H11F3O2/c1-4(2)11-3-5(10)6(7,8)9/h4-5,10H,3H2,1-2H3/t5-/m0/s1. The Morgan fingerprint density at radius 2 is 1.82 bits per heavy atom. The van der Waals surface area contributed by atoms with Gasteiger partial charge >= 0.3 is 6.18 Å². The summed E-state index contributed by atoms with van der Waals surface area (Å²) >= 11 is 0. The summed E-state index contributed by atoms with van der Waals surface area (Å²) in [7, 11) is 0. The van der Waals surface area contributed by atoms with E-state index in [-0.39, 0.29) is 6.10 Å². The molecule has 0 bridgehead atoms. The van der Waals surface area contributed by atoms with Gasteiger partial charge in [0.15, 0.2) is 6.10 Å². The van der Waals surface area contributed by atoms with Gasteiger partial charge in [-0.1, -0.05) is 0 Å². The minimum Gasteiger partial charge on any atom is -0.382 e. The third-order valence-corrected chi connectivity index (χ3v) is 0.965. The van der Waals surface area contributed by atoms with Gasteiger partial charge < -0.3 is 9.84 Å².